The molecule has 1 aliphatic heterocycles. The van der Waals surface area contributed by atoms with Crippen LogP contribution in [0.2, 0.25) is 0 Å². The Bertz CT molecular complexity index is 1290. The molecule has 3 aromatic heterocycles. The minimum absolute atomic E-state index is 0.00545. The van der Waals surface area contributed by atoms with Gasteiger partial charge in [-0.2, -0.15) is 0 Å². The van der Waals surface area contributed by atoms with E-state index in [-0.39, 0.29) is 25.3 Å². The first-order valence-corrected chi connectivity index (χ1v) is 9.72. The highest BCUT2D eigenvalue weighted by molar-refractivity contribution is 5.98. The lowest BCUT2D eigenvalue weighted by molar-refractivity contribution is -0.0267. The number of hydrogen-bond donors (Lipinski definition) is 0. The highest BCUT2D eigenvalue weighted by atomic mass is 19.3. The van der Waals surface area contributed by atoms with Crippen molar-refractivity contribution < 1.29 is 13.6 Å². The Balaban J connectivity index is 1.37. The summed E-state index contributed by atoms with van der Waals surface area (Å²) in [5, 5.41) is 0.868. The topological polar surface area (TPSA) is 76.8 Å². The van der Waals surface area contributed by atoms with Crippen LogP contribution < -0.4 is 4.90 Å². The zero-order chi connectivity index (χ0) is 21.6. The standard InChI is InChI=1S/C22H18F2N6O/c1-29-13-25-10-18(29)14-2-3-16-9-27-20(28-17(16)6-14)8-19(31)15-4-5-26-21(7-15)30-11-22(23,24)12-30/h2-7,9-10,13H,8,11-12H2,1H3. The van der Waals surface area contributed by atoms with Crippen LogP contribution >= 0.6 is 0 Å². The van der Waals surface area contributed by atoms with E-state index in [0.29, 0.717) is 17.2 Å². The molecule has 4 heterocycles. The quantitative estimate of drug-likeness (QED) is 0.461. The maximum Gasteiger partial charge on any atom is 0.282 e. The summed E-state index contributed by atoms with van der Waals surface area (Å²) in [5.41, 5.74) is 3.05. The van der Waals surface area contributed by atoms with Gasteiger partial charge in [0.25, 0.3) is 5.92 Å². The van der Waals surface area contributed by atoms with Gasteiger partial charge in [-0.25, -0.2) is 28.7 Å². The minimum Gasteiger partial charge on any atom is -0.344 e. The van der Waals surface area contributed by atoms with E-state index < -0.39 is 5.92 Å². The number of rotatable bonds is 5. The van der Waals surface area contributed by atoms with Gasteiger partial charge >= 0.3 is 0 Å². The fourth-order valence-corrected chi connectivity index (χ4v) is 3.63. The van der Waals surface area contributed by atoms with Gasteiger partial charge in [0.15, 0.2) is 5.78 Å². The van der Waals surface area contributed by atoms with Gasteiger partial charge in [-0.15, -0.1) is 0 Å². The SMILES string of the molecule is Cn1cncc1-c1ccc2cnc(CC(=O)c3ccnc(N4CC(F)(F)C4)c3)nc2c1. The van der Waals surface area contributed by atoms with Crippen molar-refractivity contribution in [2.24, 2.45) is 7.05 Å². The molecule has 31 heavy (non-hydrogen) atoms. The van der Waals surface area contributed by atoms with E-state index in [1.54, 1.807) is 30.9 Å². The molecule has 4 aromatic rings. The van der Waals surface area contributed by atoms with Crippen molar-refractivity contribution in [3.63, 3.8) is 0 Å². The number of benzene rings is 1. The number of aryl methyl sites for hydroxylation is 1. The van der Waals surface area contributed by atoms with E-state index in [4.69, 9.17) is 0 Å². The summed E-state index contributed by atoms with van der Waals surface area (Å²) in [5.74, 6) is -2.13. The predicted octanol–water partition coefficient (Wildman–Crippen LogP) is 3.31. The molecule has 0 spiro atoms. The number of carbonyl (C=O) groups excluding carboxylic acids is 1. The molecule has 1 fully saturated rings. The Morgan fingerprint density at radius 3 is 2.71 bits per heavy atom. The molecule has 0 atom stereocenters. The number of fused-ring (bicyclic) bond motifs is 1. The second-order valence-corrected chi connectivity index (χ2v) is 7.66. The molecular weight excluding hydrogens is 402 g/mol. The van der Waals surface area contributed by atoms with Crippen LogP contribution in [0.25, 0.3) is 22.2 Å². The van der Waals surface area contributed by atoms with Crippen LogP contribution in [0.4, 0.5) is 14.6 Å². The molecular formula is C22H18F2N6O. The average Bonchev–Trinajstić information content (AvgIpc) is 3.17. The number of carbonyl (C=O) groups is 1. The number of imidazole rings is 1. The van der Waals surface area contributed by atoms with Crippen LogP contribution in [0.5, 0.6) is 0 Å². The van der Waals surface area contributed by atoms with Gasteiger partial charge in [-0.1, -0.05) is 12.1 Å². The second kappa shape index (κ2) is 7.19. The molecule has 0 saturated carbocycles. The van der Waals surface area contributed by atoms with E-state index in [9.17, 15) is 13.6 Å². The number of alkyl halides is 2. The lowest BCUT2D eigenvalue weighted by Gasteiger charge is -2.39. The molecule has 156 valence electrons. The summed E-state index contributed by atoms with van der Waals surface area (Å²) < 4.78 is 28.2. The molecule has 0 bridgehead atoms. The first kappa shape index (κ1) is 19.2. The van der Waals surface area contributed by atoms with Crippen LogP contribution in [-0.2, 0) is 13.5 Å². The third-order valence-corrected chi connectivity index (χ3v) is 5.30. The van der Waals surface area contributed by atoms with Gasteiger partial charge in [-0.3, -0.25) is 4.79 Å². The highest BCUT2D eigenvalue weighted by Crippen LogP contribution is 2.31. The smallest absolute Gasteiger partial charge is 0.282 e. The van der Waals surface area contributed by atoms with E-state index in [1.165, 1.54) is 11.1 Å². The van der Waals surface area contributed by atoms with E-state index in [0.717, 1.165) is 22.2 Å². The number of Topliss-reactive ketones (excluding diaryl/α,β-unsaturated/α-hetero) is 1. The van der Waals surface area contributed by atoms with Crippen LogP contribution in [0.3, 0.4) is 0 Å². The Labute approximate surface area is 176 Å². The third-order valence-electron chi connectivity index (χ3n) is 5.30. The summed E-state index contributed by atoms with van der Waals surface area (Å²) in [6, 6.07) is 8.97. The van der Waals surface area contributed by atoms with Crippen LogP contribution in [0.1, 0.15) is 16.2 Å². The number of halogens is 2. The van der Waals surface area contributed by atoms with Crippen molar-refractivity contribution >= 4 is 22.5 Å². The number of pyridine rings is 1. The van der Waals surface area contributed by atoms with Crippen molar-refractivity contribution in [3.05, 3.63) is 66.6 Å². The van der Waals surface area contributed by atoms with Gasteiger partial charge < -0.3 is 9.47 Å². The molecule has 0 N–H and O–H groups in total. The Hall–Kier alpha value is -3.75. The van der Waals surface area contributed by atoms with Crippen LogP contribution in [-0.4, -0.2) is 49.3 Å². The Kier molecular flexibility index (Phi) is 4.46. The normalized spacial score (nSPS) is 15.1. The number of anilines is 1. The van der Waals surface area contributed by atoms with Crippen molar-refractivity contribution in [2.45, 2.75) is 12.3 Å². The third kappa shape index (κ3) is 3.74. The van der Waals surface area contributed by atoms with Crippen molar-refractivity contribution in [1.82, 2.24) is 24.5 Å². The molecule has 1 aromatic carbocycles. The Morgan fingerprint density at radius 2 is 1.97 bits per heavy atom. The first-order valence-electron chi connectivity index (χ1n) is 9.72. The van der Waals surface area contributed by atoms with E-state index in [2.05, 4.69) is 19.9 Å². The second-order valence-electron chi connectivity index (χ2n) is 7.66. The van der Waals surface area contributed by atoms with Gasteiger partial charge in [0.2, 0.25) is 0 Å². The fraction of sp³-hybridized carbons (Fsp3) is 0.227. The minimum atomic E-state index is -2.70. The number of nitrogens with zero attached hydrogens (tertiary/aromatic N) is 6. The zero-order valence-electron chi connectivity index (χ0n) is 16.7. The maximum absolute atomic E-state index is 13.1. The molecule has 1 aliphatic rings. The predicted molar refractivity (Wildman–Crippen MR) is 111 cm³/mol. The molecule has 1 saturated heterocycles. The van der Waals surface area contributed by atoms with Gasteiger partial charge in [0, 0.05) is 36.0 Å². The Morgan fingerprint density at radius 1 is 1.13 bits per heavy atom. The van der Waals surface area contributed by atoms with Crippen molar-refractivity contribution in [3.8, 4) is 11.3 Å². The number of aromatic nitrogens is 5. The monoisotopic (exact) mass is 420 g/mol. The molecule has 0 amide bonds. The van der Waals surface area contributed by atoms with E-state index in [1.807, 2.05) is 29.8 Å². The van der Waals surface area contributed by atoms with Gasteiger partial charge in [0.05, 0.1) is 43.2 Å². The summed E-state index contributed by atoms with van der Waals surface area (Å²) in [6.07, 6.45) is 6.67. The van der Waals surface area contributed by atoms with Crippen LogP contribution in [0, 0.1) is 0 Å². The first-order chi connectivity index (χ1) is 14.9. The average molecular weight is 420 g/mol. The summed E-state index contributed by atoms with van der Waals surface area (Å²) >= 11 is 0. The highest BCUT2D eigenvalue weighted by Gasteiger charge is 2.44. The molecule has 5 rings (SSSR count). The summed E-state index contributed by atoms with van der Waals surface area (Å²) in [6.45, 7) is -0.769. The molecule has 7 nitrogen and oxygen atoms in total. The molecule has 0 aliphatic carbocycles. The molecule has 0 unspecified atom stereocenters. The zero-order valence-corrected chi connectivity index (χ0v) is 16.7. The van der Waals surface area contributed by atoms with Gasteiger partial charge in [0.1, 0.15) is 11.6 Å². The van der Waals surface area contributed by atoms with Crippen molar-refractivity contribution in [1.29, 1.82) is 0 Å². The van der Waals surface area contributed by atoms with Gasteiger partial charge in [-0.05, 0) is 18.2 Å². The summed E-state index contributed by atoms with van der Waals surface area (Å²) in [4.78, 5) is 31.3. The lowest BCUT2D eigenvalue weighted by Crippen LogP contribution is -2.56. The van der Waals surface area contributed by atoms with Crippen LogP contribution in [0.15, 0.2) is 55.2 Å². The van der Waals surface area contributed by atoms with Crippen molar-refractivity contribution in [2.75, 3.05) is 18.0 Å². The largest absolute Gasteiger partial charge is 0.344 e. The molecule has 9 heteroatoms. The maximum atomic E-state index is 13.1. The van der Waals surface area contributed by atoms with E-state index >= 15 is 0 Å². The molecule has 0 radical (unpaired) electrons. The number of hydrogen-bond acceptors (Lipinski definition) is 6. The summed E-state index contributed by atoms with van der Waals surface area (Å²) in [7, 11) is 1.92. The lowest BCUT2D eigenvalue weighted by atomic mass is 10.1. The number of ketones is 1. The fourth-order valence-electron chi connectivity index (χ4n) is 3.63.